The van der Waals surface area contributed by atoms with E-state index in [4.69, 9.17) is 9.66 Å². The zero-order valence-corrected chi connectivity index (χ0v) is 38.8. The number of carbonyl (C=O) groups is 7. The molecule has 9 N–H and O–H groups in total. The maximum atomic E-state index is 14.1. The Hall–Kier alpha value is -6.10. The molecule has 0 radical (unpaired) electrons. The van der Waals surface area contributed by atoms with E-state index in [9.17, 15) is 42.0 Å². The van der Waals surface area contributed by atoms with Gasteiger partial charge in [-0.25, -0.2) is 0 Å². The number of carboxylic acid groups (broad SMARTS) is 1. The summed E-state index contributed by atoms with van der Waals surface area (Å²) >= 11 is 2.89. The van der Waals surface area contributed by atoms with Crippen molar-refractivity contribution in [1.82, 2.24) is 36.9 Å². The summed E-state index contributed by atoms with van der Waals surface area (Å²) in [6.07, 6.45) is 5.27. The summed E-state index contributed by atoms with van der Waals surface area (Å²) in [5.74, 6) is -4.59. The minimum Gasteiger partial charge on any atom is -0.481 e. The van der Waals surface area contributed by atoms with Gasteiger partial charge in [-0.3, -0.25) is 38.1 Å². The van der Waals surface area contributed by atoms with Gasteiger partial charge in [-0.1, -0.05) is 60.7 Å². The number of rotatable bonds is 28. The largest absolute Gasteiger partial charge is 0.481 e. The van der Waals surface area contributed by atoms with E-state index in [1.54, 1.807) is 12.5 Å². The highest BCUT2D eigenvalue weighted by Gasteiger charge is 2.30. The van der Waals surface area contributed by atoms with Crippen LogP contribution in [-0.2, 0) is 63.2 Å². The Morgan fingerprint density at radius 1 is 0.652 bits per heavy atom. The van der Waals surface area contributed by atoms with Crippen molar-refractivity contribution in [3.05, 3.63) is 102 Å². The average Bonchev–Trinajstić information content (AvgIpc) is 3.69. The molecule has 0 saturated heterocycles. The van der Waals surface area contributed by atoms with Crippen molar-refractivity contribution in [3.8, 4) is 5.75 Å². The first kappa shape index (κ1) is 52.5. The Labute approximate surface area is 391 Å². The van der Waals surface area contributed by atoms with Gasteiger partial charge in [0.2, 0.25) is 35.4 Å². The van der Waals surface area contributed by atoms with Crippen molar-refractivity contribution in [2.75, 3.05) is 37.1 Å². The number of H-pyrrole nitrogens is 1. The number of aliphatic carboxylic acids is 1. The average molecular weight is 970 g/mol. The van der Waals surface area contributed by atoms with Gasteiger partial charge in [0.25, 0.3) is 0 Å². The van der Waals surface area contributed by atoms with Crippen LogP contribution < -0.4 is 36.1 Å². The molecule has 0 aliphatic rings. The van der Waals surface area contributed by atoms with Gasteiger partial charge in [0.05, 0.1) is 13.0 Å². The Morgan fingerprint density at radius 3 is 1.83 bits per heavy atom. The molecule has 356 valence electrons. The number of nitrogens with one attached hydrogen (secondary N) is 7. The second-order valence-corrected chi connectivity index (χ2v) is 18.0. The fourth-order valence-electron chi connectivity index (χ4n) is 6.65. The quantitative estimate of drug-likeness (QED) is 0.0368. The molecule has 6 amide bonds. The summed E-state index contributed by atoms with van der Waals surface area (Å²) in [6.45, 7) is -0.263. The lowest BCUT2D eigenvalue weighted by atomic mass is 10.0. The number of aromatic nitrogens is 1. The fourth-order valence-corrected chi connectivity index (χ4v) is 7.95. The predicted molar refractivity (Wildman–Crippen MR) is 251 cm³/mol. The number of para-hydroxylation sites is 1. The smallest absolute Gasteiger partial charge is 0.446 e. The lowest BCUT2D eigenvalue weighted by Crippen LogP contribution is -2.57. The second-order valence-electron chi connectivity index (χ2n) is 15.0. The molecule has 0 bridgehead atoms. The van der Waals surface area contributed by atoms with Crippen LogP contribution >= 0.6 is 23.5 Å². The summed E-state index contributed by atoms with van der Waals surface area (Å²) in [5.41, 5.74) is 2.96. The third-order valence-corrected chi connectivity index (χ3v) is 11.7. The van der Waals surface area contributed by atoms with Crippen LogP contribution in [0.15, 0.2) is 85.1 Å². The van der Waals surface area contributed by atoms with Gasteiger partial charge in [-0.05, 0) is 78.2 Å². The van der Waals surface area contributed by atoms with Crippen LogP contribution in [0.25, 0.3) is 10.9 Å². The Balaban J connectivity index is 1.47. The molecule has 66 heavy (non-hydrogen) atoms. The number of carboxylic acids is 1. The number of amides is 6. The van der Waals surface area contributed by atoms with E-state index >= 15 is 0 Å². The van der Waals surface area contributed by atoms with Crippen LogP contribution in [0, 0.1) is 0 Å². The second kappa shape index (κ2) is 26.8. The first-order valence-electron chi connectivity index (χ1n) is 20.8. The van der Waals surface area contributed by atoms with Crippen LogP contribution in [0.3, 0.4) is 0 Å². The van der Waals surface area contributed by atoms with Gasteiger partial charge in [0.1, 0.15) is 29.9 Å². The molecular formula is C44H55N7O12S3. The SMILES string of the molecule is CSCC[C@H](NC(=O)[C@H](Cc1ccc(OS(=O)(=O)O)cc1)NC(=O)CCC(=O)O)C(=O)NCC(=O)N[C@H](Cc1c[nH]c2ccccc12)C(=O)N[C@@H](CCSC)C(=O)NCCc1ccccc1. The van der Waals surface area contributed by atoms with Gasteiger partial charge in [-0.2, -0.15) is 31.9 Å². The molecular weight excluding hydrogens is 915 g/mol. The number of hydrogen-bond acceptors (Lipinski definition) is 12. The van der Waals surface area contributed by atoms with E-state index in [0.717, 1.165) is 22.0 Å². The lowest BCUT2D eigenvalue weighted by molar-refractivity contribution is -0.139. The van der Waals surface area contributed by atoms with Gasteiger partial charge >= 0.3 is 16.4 Å². The zero-order chi connectivity index (χ0) is 48.1. The van der Waals surface area contributed by atoms with Crippen molar-refractivity contribution in [3.63, 3.8) is 0 Å². The molecule has 1 aromatic heterocycles. The summed E-state index contributed by atoms with van der Waals surface area (Å²) in [7, 11) is -4.81. The first-order valence-corrected chi connectivity index (χ1v) is 25.0. The summed E-state index contributed by atoms with van der Waals surface area (Å²) < 4.78 is 35.7. The summed E-state index contributed by atoms with van der Waals surface area (Å²) in [5, 5.41) is 26.0. The molecule has 4 rings (SSSR count). The summed E-state index contributed by atoms with van der Waals surface area (Å²) in [6, 6.07) is 17.5. The topological polar surface area (TPSA) is 291 Å². The van der Waals surface area contributed by atoms with E-state index in [1.165, 1.54) is 47.8 Å². The molecule has 0 aliphatic heterocycles. The number of hydrogen-bond donors (Lipinski definition) is 9. The van der Waals surface area contributed by atoms with Crippen molar-refractivity contribution >= 4 is 86.2 Å². The standard InChI is InChI=1S/C44H55N7O12S3/c1-64-22-19-34(41(56)45-21-18-28-8-4-3-5-9-28)50-44(59)37(25-30-26-46-33-11-7-6-10-32(30)33)49-39(53)27-47-42(57)35(20-23-65-2)51-43(58)36(48-38(52)16-17-40(54)55)24-29-12-14-31(15-13-29)63-66(60,61)62/h3-15,26,34-37,46H,16-25,27H2,1-2H3,(H,45,56)(H,47,57)(H,48,52)(H,49,53)(H,50,59)(H,51,58)(H,54,55)(H,60,61,62)/t34-,35-,36-,37+/m0/s1. The van der Waals surface area contributed by atoms with Crippen LogP contribution in [-0.4, -0.2) is 126 Å². The molecule has 0 aliphatic carbocycles. The Kier molecular flexibility index (Phi) is 21.3. The molecule has 0 saturated carbocycles. The molecule has 0 spiro atoms. The maximum Gasteiger partial charge on any atom is 0.446 e. The number of aromatic amines is 1. The highest BCUT2D eigenvalue weighted by atomic mass is 32.3. The monoisotopic (exact) mass is 969 g/mol. The number of benzene rings is 3. The van der Waals surface area contributed by atoms with E-state index in [2.05, 4.69) is 41.1 Å². The summed E-state index contributed by atoms with van der Waals surface area (Å²) in [4.78, 5) is 95.5. The molecule has 1 heterocycles. The highest BCUT2D eigenvalue weighted by Crippen LogP contribution is 2.20. The minimum absolute atomic E-state index is 0.0304. The van der Waals surface area contributed by atoms with Crippen molar-refractivity contribution in [2.45, 2.75) is 69.1 Å². The van der Waals surface area contributed by atoms with Crippen molar-refractivity contribution in [1.29, 1.82) is 0 Å². The van der Waals surface area contributed by atoms with Crippen LogP contribution in [0.2, 0.25) is 0 Å². The van der Waals surface area contributed by atoms with Crippen molar-refractivity contribution < 1.29 is 55.8 Å². The minimum atomic E-state index is -4.81. The molecule has 22 heteroatoms. The molecule has 0 unspecified atom stereocenters. The first-order chi connectivity index (χ1) is 31.5. The molecule has 0 fully saturated rings. The predicted octanol–water partition coefficient (Wildman–Crippen LogP) is 1.92. The third-order valence-electron chi connectivity index (χ3n) is 10.00. The molecule has 3 aromatic carbocycles. The zero-order valence-electron chi connectivity index (χ0n) is 36.4. The van der Waals surface area contributed by atoms with Crippen molar-refractivity contribution in [2.24, 2.45) is 0 Å². The molecule has 4 atom stereocenters. The number of carbonyl (C=O) groups excluding carboxylic acids is 6. The van der Waals surface area contributed by atoms with Gasteiger partial charge in [0.15, 0.2) is 0 Å². The fraction of sp³-hybridized carbons (Fsp3) is 0.386. The molecule has 19 nitrogen and oxygen atoms in total. The third kappa shape index (κ3) is 18.4. The van der Waals surface area contributed by atoms with E-state index in [0.29, 0.717) is 36.5 Å². The normalized spacial score (nSPS) is 13.0. The van der Waals surface area contributed by atoms with E-state index < -0.39 is 89.5 Å². The van der Waals surface area contributed by atoms with E-state index in [-0.39, 0.29) is 30.9 Å². The Morgan fingerprint density at radius 2 is 1.23 bits per heavy atom. The lowest BCUT2D eigenvalue weighted by Gasteiger charge is -2.24. The number of fused-ring (bicyclic) bond motifs is 1. The Bertz CT molecular complexity index is 2380. The van der Waals surface area contributed by atoms with Gasteiger partial charge in [-0.15, -0.1) is 0 Å². The van der Waals surface area contributed by atoms with Crippen LogP contribution in [0.1, 0.15) is 42.4 Å². The van der Waals surface area contributed by atoms with E-state index in [1.807, 2.05) is 60.9 Å². The maximum absolute atomic E-state index is 14.1. The van der Waals surface area contributed by atoms with Crippen LogP contribution in [0.4, 0.5) is 0 Å². The van der Waals surface area contributed by atoms with Gasteiger partial charge in [0, 0.05) is 42.9 Å². The number of thioether (sulfide) groups is 2. The highest BCUT2D eigenvalue weighted by molar-refractivity contribution is 7.98. The van der Waals surface area contributed by atoms with Gasteiger partial charge < -0.3 is 46.2 Å². The molecule has 4 aromatic rings. The van der Waals surface area contributed by atoms with Crippen LogP contribution in [0.5, 0.6) is 5.75 Å².